The number of aryl methyl sites for hydroxylation is 2. The minimum Gasteiger partial charge on any atom is -0.319 e. The summed E-state index contributed by atoms with van der Waals surface area (Å²) in [5.41, 5.74) is 4.99. The van der Waals surface area contributed by atoms with Gasteiger partial charge in [-0.3, -0.25) is 0 Å². The molecule has 0 aliphatic heterocycles. The molecule has 18 heavy (non-hydrogen) atoms. The van der Waals surface area contributed by atoms with Crippen LogP contribution in [0.1, 0.15) is 36.0 Å². The highest BCUT2D eigenvalue weighted by Gasteiger charge is 2.53. The summed E-state index contributed by atoms with van der Waals surface area (Å²) in [6, 6.07) is 6.92. The number of benzene rings is 1. The zero-order chi connectivity index (χ0) is 12.8. The van der Waals surface area contributed by atoms with Gasteiger partial charge in [0, 0.05) is 6.54 Å². The zero-order valence-corrected chi connectivity index (χ0v) is 11.9. The fourth-order valence-corrected chi connectivity index (χ4v) is 4.13. The van der Waals surface area contributed by atoms with Crippen LogP contribution in [0.15, 0.2) is 18.2 Å². The molecule has 0 amide bonds. The Hall–Kier alpha value is -0.820. The second-order valence-corrected chi connectivity index (χ2v) is 6.80. The van der Waals surface area contributed by atoms with Crippen molar-refractivity contribution in [1.82, 2.24) is 5.32 Å². The third-order valence-electron chi connectivity index (χ3n) is 5.08. The molecule has 0 aromatic heterocycles. The molecule has 98 valence electrons. The van der Waals surface area contributed by atoms with Crippen LogP contribution in [-0.2, 0) is 6.42 Å². The van der Waals surface area contributed by atoms with Crippen molar-refractivity contribution in [3.8, 4) is 0 Å². The van der Waals surface area contributed by atoms with Crippen molar-refractivity contribution in [2.24, 2.45) is 17.3 Å². The maximum absolute atomic E-state index is 3.45. The molecule has 2 aliphatic rings. The van der Waals surface area contributed by atoms with E-state index in [-0.39, 0.29) is 0 Å². The molecule has 2 aliphatic carbocycles. The first kappa shape index (κ1) is 12.2. The summed E-state index contributed by atoms with van der Waals surface area (Å²) in [7, 11) is 2.11. The predicted octanol–water partition coefficient (Wildman–Crippen LogP) is 3.48. The van der Waals surface area contributed by atoms with E-state index in [0.29, 0.717) is 5.41 Å². The molecule has 2 fully saturated rings. The van der Waals surface area contributed by atoms with Crippen LogP contribution in [0.5, 0.6) is 0 Å². The molecule has 1 aromatic rings. The molecular weight excluding hydrogens is 218 g/mol. The highest BCUT2D eigenvalue weighted by Crippen LogP contribution is 2.60. The SMILES string of the molecule is CNCC1(Cc2cc(C)ccc2C)CC2CC2C1. The van der Waals surface area contributed by atoms with Gasteiger partial charge in [0.1, 0.15) is 0 Å². The fraction of sp³-hybridized carbons (Fsp3) is 0.647. The Kier molecular flexibility index (Phi) is 2.97. The van der Waals surface area contributed by atoms with Crippen LogP contribution in [0.25, 0.3) is 0 Å². The number of hydrogen-bond donors (Lipinski definition) is 1. The predicted molar refractivity (Wildman–Crippen MR) is 76.8 cm³/mol. The Morgan fingerprint density at radius 2 is 1.94 bits per heavy atom. The van der Waals surface area contributed by atoms with Crippen molar-refractivity contribution in [3.63, 3.8) is 0 Å². The van der Waals surface area contributed by atoms with Gasteiger partial charge < -0.3 is 5.32 Å². The number of hydrogen-bond acceptors (Lipinski definition) is 1. The lowest BCUT2D eigenvalue weighted by molar-refractivity contribution is 0.254. The van der Waals surface area contributed by atoms with Crippen molar-refractivity contribution < 1.29 is 0 Å². The molecule has 1 nitrogen and oxygen atoms in total. The summed E-state index contributed by atoms with van der Waals surface area (Å²) in [5, 5.41) is 3.45. The van der Waals surface area contributed by atoms with Gasteiger partial charge in [0.05, 0.1) is 0 Å². The van der Waals surface area contributed by atoms with Crippen LogP contribution in [0, 0.1) is 31.1 Å². The highest BCUT2D eigenvalue weighted by atomic mass is 14.8. The molecule has 0 spiro atoms. The lowest BCUT2D eigenvalue weighted by Gasteiger charge is -2.31. The maximum Gasteiger partial charge on any atom is 0.000820 e. The lowest BCUT2D eigenvalue weighted by atomic mass is 9.76. The van der Waals surface area contributed by atoms with E-state index in [2.05, 4.69) is 44.4 Å². The largest absolute Gasteiger partial charge is 0.319 e. The molecule has 0 saturated heterocycles. The molecule has 0 bridgehead atoms. The Morgan fingerprint density at radius 1 is 1.22 bits per heavy atom. The van der Waals surface area contributed by atoms with E-state index < -0.39 is 0 Å². The smallest absolute Gasteiger partial charge is 0.000820 e. The van der Waals surface area contributed by atoms with Crippen LogP contribution in [-0.4, -0.2) is 13.6 Å². The molecule has 3 rings (SSSR count). The molecule has 1 aromatic carbocycles. The highest BCUT2D eigenvalue weighted by molar-refractivity contribution is 5.32. The first-order valence-corrected chi connectivity index (χ1v) is 7.33. The zero-order valence-electron chi connectivity index (χ0n) is 11.9. The van der Waals surface area contributed by atoms with Gasteiger partial charge in [-0.2, -0.15) is 0 Å². The monoisotopic (exact) mass is 243 g/mol. The van der Waals surface area contributed by atoms with Crippen LogP contribution >= 0.6 is 0 Å². The molecule has 2 saturated carbocycles. The van der Waals surface area contributed by atoms with Gasteiger partial charge in [0.2, 0.25) is 0 Å². The van der Waals surface area contributed by atoms with Crippen LogP contribution in [0.2, 0.25) is 0 Å². The van der Waals surface area contributed by atoms with Crippen LogP contribution < -0.4 is 5.32 Å². The summed E-state index contributed by atoms with van der Waals surface area (Å²) >= 11 is 0. The maximum atomic E-state index is 3.45. The molecule has 0 radical (unpaired) electrons. The van der Waals surface area contributed by atoms with Crippen molar-refractivity contribution in [1.29, 1.82) is 0 Å². The minimum atomic E-state index is 0.543. The standard InChI is InChI=1S/C17H25N/c1-12-4-5-13(2)14(6-12)8-17(11-18-3)9-15-7-16(15)10-17/h4-6,15-16,18H,7-11H2,1-3H3. The average Bonchev–Trinajstić information content (AvgIpc) is 2.93. The third-order valence-corrected chi connectivity index (χ3v) is 5.08. The second kappa shape index (κ2) is 4.38. The van der Waals surface area contributed by atoms with Gasteiger partial charge in [-0.1, -0.05) is 23.8 Å². The van der Waals surface area contributed by atoms with E-state index in [9.17, 15) is 0 Å². The molecule has 1 N–H and O–H groups in total. The van der Waals surface area contributed by atoms with E-state index in [4.69, 9.17) is 0 Å². The van der Waals surface area contributed by atoms with Crippen LogP contribution in [0.4, 0.5) is 0 Å². The fourth-order valence-electron chi connectivity index (χ4n) is 4.13. The van der Waals surface area contributed by atoms with E-state index in [1.54, 1.807) is 5.56 Å². The molecular formula is C17H25N. The quantitative estimate of drug-likeness (QED) is 0.853. The molecule has 2 atom stereocenters. The Balaban J connectivity index is 1.82. The summed E-state index contributed by atoms with van der Waals surface area (Å²) in [6.07, 6.45) is 5.68. The van der Waals surface area contributed by atoms with Crippen molar-refractivity contribution in [2.75, 3.05) is 13.6 Å². The Bertz CT molecular complexity index is 439. The topological polar surface area (TPSA) is 12.0 Å². The Labute approximate surface area is 111 Å². The van der Waals surface area contributed by atoms with Gasteiger partial charge in [-0.15, -0.1) is 0 Å². The molecule has 0 heterocycles. The average molecular weight is 243 g/mol. The van der Waals surface area contributed by atoms with Gasteiger partial charge in [0.25, 0.3) is 0 Å². The third kappa shape index (κ3) is 2.21. The van der Waals surface area contributed by atoms with Crippen molar-refractivity contribution >= 4 is 0 Å². The van der Waals surface area contributed by atoms with E-state index in [1.807, 2.05) is 0 Å². The van der Waals surface area contributed by atoms with E-state index >= 15 is 0 Å². The van der Waals surface area contributed by atoms with E-state index in [0.717, 1.165) is 11.8 Å². The minimum absolute atomic E-state index is 0.543. The van der Waals surface area contributed by atoms with Gasteiger partial charge in [0.15, 0.2) is 0 Å². The first-order chi connectivity index (χ1) is 8.62. The summed E-state index contributed by atoms with van der Waals surface area (Å²) in [6.45, 7) is 5.66. The van der Waals surface area contributed by atoms with Crippen molar-refractivity contribution in [2.45, 2.75) is 39.5 Å². The number of nitrogens with one attached hydrogen (secondary N) is 1. The molecule has 2 unspecified atom stereocenters. The van der Waals surface area contributed by atoms with Gasteiger partial charge in [-0.05, 0) is 75.0 Å². The summed E-state index contributed by atoms with van der Waals surface area (Å²) < 4.78 is 0. The summed E-state index contributed by atoms with van der Waals surface area (Å²) in [5.74, 6) is 2.12. The van der Waals surface area contributed by atoms with E-state index in [1.165, 1.54) is 43.4 Å². The van der Waals surface area contributed by atoms with Crippen molar-refractivity contribution in [3.05, 3.63) is 34.9 Å². The molecule has 1 heteroatoms. The second-order valence-electron chi connectivity index (χ2n) is 6.80. The number of rotatable bonds is 4. The normalized spacial score (nSPS) is 33.5. The lowest BCUT2D eigenvalue weighted by Crippen LogP contribution is -2.33. The Morgan fingerprint density at radius 3 is 2.61 bits per heavy atom. The first-order valence-electron chi connectivity index (χ1n) is 7.33. The number of fused-ring (bicyclic) bond motifs is 1. The van der Waals surface area contributed by atoms with Gasteiger partial charge >= 0.3 is 0 Å². The van der Waals surface area contributed by atoms with Gasteiger partial charge in [-0.25, -0.2) is 0 Å². The summed E-state index contributed by atoms with van der Waals surface area (Å²) in [4.78, 5) is 0. The van der Waals surface area contributed by atoms with Crippen LogP contribution in [0.3, 0.4) is 0 Å².